The van der Waals surface area contributed by atoms with Crippen LogP contribution in [-0.4, -0.2) is 28.7 Å². The van der Waals surface area contributed by atoms with Crippen LogP contribution in [0.15, 0.2) is 33.0 Å². The number of esters is 1. The van der Waals surface area contributed by atoms with Crippen LogP contribution in [0.3, 0.4) is 0 Å². The Kier molecular flexibility index (Phi) is 9.12. The van der Waals surface area contributed by atoms with Crippen LogP contribution in [0, 0.1) is 12.8 Å². The first-order valence-corrected chi connectivity index (χ1v) is 13.5. The molecule has 2 heterocycles. The van der Waals surface area contributed by atoms with Gasteiger partial charge >= 0.3 is 12.1 Å². The van der Waals surface area contributed by atoms with Crippen LogP contribution in [0.25, 0.3) is 22.2 Å². The van der Waals surface area contributed by atoms with Crippen LogP contribution >= 0.6 is 11.3 Å². The average molecular weight is 529 g/mol. The normalized spacial score (nSPS) is 13.3. The third-order valence-corrected chi connectivity index (χ3v) is 6.77. The molecule has 0 fully saturated rings. The minimum Gasteiger partial charge on any atom is -0.463 e. The monoisotopic (exact) mass is 528 g/mol. The zero-order valence-electron chi connectivity index (χ0n) is 22.6. The van der Waals surface area contributed by atoms with Crippen molar-refractivity contribution in [1.29, 1.82) is 0 Å². The molecular formula is C28H36N2O6S. The number of rotatable bonds is 9. The van der Waals surface area contributed by atoms with E-state index in [1.54, 1.807) is 32.9 Å². The first-order chi connectivity index (χ1) is 17.4. The largest absolute Gasteiger partial charge is 0.463 e. The van der Waals surface area contributed by atoms with Gasteiger partial charge in [-0.1, -0.05) is 33.6 Å². The Labute approximate surface area is 221 Å². The lowest BCUT2D eigenvalue weighted by atomic mass is 9.99. The van der Waals surface area contributed by atoms with E-state index >= 15 is 0 Å². The molecule has 1 N–H and O–H groups in total. The molecule has 1 amide bonds. The number of carbonyl (C=O) groups is 2. The van der Waals surface area contributed by atoms with Crippen molar-refractivity contribution in [3.63, 3.8) is 0 Å². The number of nitrogens with zero attached hydrogens (tertiary/aromatic N) is 1. The number of benzene rings is 1. The Morgan fingerprint density at radius 2 is 1.95 bits per heavy atom. The van der Waals surface area contributed by atoms with Gasteiger partial charge < -0.3 is 19.2 Å². The number of hydrogen-bond donors (Lipinski definition) is 1. The van der Waals surface area contributed by atoms with Crippen molar-refractivity contribution in [2.45, 2.75) is 85.8 Å². The summed E-state index contributed by atoms with van der Waals surface area (Å²) in [4.78, 5) is 43.4. The minimum atomic E-state index is -0.906. The molecule has 0 aliphatic heterocycles. The molecule has 3 rings (SSSR count). The molecule has 3 aromatic rings. The molecule has 9 heteroatoms. The van der Waals surface area contributed by atoms with Crippen LogP contribution in [0.4, 0.5) is 4.79 Å². The maximum atomic E-state index is 13.3. The van der Waals surface area contributed by atoms with E-state index in [-0.39, 0.29) is 11.3 Å². The van der Waals surface area contributed by atoms with Crippen LogP contribution in [-0.2, 0) is 16.0 Å². The summed E-state index contributed by atoms with van der Waals surface area (Å²) in [6.45, 7) is 13.0. The lowest BCUT2D eigenvalue weighted by Gasteiger charge is -2.26. The highest BCUT2D eigenvalue weighted by Gasteiger charge is 2.30. The highest BCUT2D eigenvalue weighted by molar-refractivity contribution is 7.09. The zero-order valence-corrected chi connectivity index (χ0v) is 23.4. The second-order valence-corrected chi connectivity index (χ2v) is 11.3. The Hall–Kier alpha value is -3.20. The lowest BCUT2D eigenvalue weighted by Crippen LogP contribution is -2.48. The number of aryl methyl sites for hydroxylation is 2. The predicted molar refractivity (Wildman–Crippen MR) is 145 cm³/mol. The van der Waals surface area contributed by atoms with Gasteiger partial charge in [-0.2, -0.15) is 0 Å². The second kappa shape index (κ2) is 11.9. The minimum absolute atomic E-state index is 0.189. The smallest absolute Gasteiger partial charge is 0.408 e. The fraction of sp³-hybridized carbons (Fsp3) is 0.500. The third kappa shape index (κ3) is 7.19. The Morgan fingerprint density at radius 3 is 2.54 bits per heavy atom. The quantitative estimate of drug-likeness (QED) is 0.252. The summed E-state index contributed by atoms with van der Waals surface area (Å²) in [5.41, 5.74) is 1.11. The van der Waals surface area contributed by atoms with Crippen molar-refractivity contribution < 1.29 is 23.5 Å². The van der Waals surface area contributed by atoms with Crippen LogP contribution < -0.4 is 15.5 Å². The molecule has 0 saturated carbocycles. The highest BCUT2D eigenvalue weighted by atomic mass is 32.1. The molecule has 0 unspecified atom stereocenters. The van der Waals surface area contributed by atoms with Crippen LogP contribution in [0.5, 0.6) is 5.75 Å². The van der Waals surface area contributed by atoms with Crippen molar-refractivity contribution in [2.75, 3.05) is 0 Å². The van der Waals surface area contributed by atoms with Crippen LogP contribution in [0.1, 0.15) is 71.4 Å². The first kappa shape index (κ1) is 28.4. The van der Waals surface area contributed by atoms with E-state index in [9.17, 15) is 14.4 Å². The summed E-state index contributed by atoms with van der Waals surface area (Å²) in [6.07, 6.45) is 3.73. The van der Waals surface area contributed by atoms with E-state index in [1.165, 1.54) is 17.6 Å². The molecule has 0 saturated heterocycles. The molecule has 0 aliphatic rings. The number of unbranched alkanes of at least 4 members (excludes halogenated alkanes) is 1. The fourth-order valence-electron chi connectivity index (χ4n) is 3.80. The van der Waals surface area contributed by atoms with Crippen molar-refractivity contribution in [3.8, 4) is 17.0 Å². The third-order valence-electron chi connectivity index (χ3n) is 6.00. The Balaban J connectivity index is 1.97. The van der Waals surface area contributed by atoms with Crippen LogP contribution in [0.2, 0.25) is 0 Å². The highest BCUT2D eigenvalue weighted by Crippen LogP contribution is 2.29. The number of aromatic nitrogens is 1. The summed E-state index contributed by atoms with van der Waals surface area (Å²) in [6, 6.07) is 2.41. The van der Waals surface area contributed by atoms with E-state index in [4.69, 9.17) is 13.9 Å². The predicted octanol–water partition coefficient (Wildman–Crippen LogP) is 6.41. The number of alkyl carbamates (subject to hydrolysis) is 1. The molecule has 8 nitrogen and oxygen atoms in total. The van der Waals surface area contributed by atoms with Gasteiger partial charge in [0, 0.05) is 11.4 Å². The molecule has 0 spiro atoms. The number of ether oxygens (including phenoxy) is 2. The molecule has 0 radical (unpaired) electrons. The van der Waals surface area contributed by atoms with Gasteiger partial charge in [-0.05, 0) is 58.1 Å². The van der Waals surface area contributed by atoms with Gasteiger partial charge in [0.05, 0.1) is 21.7 Å². The van der Waals surface area contributed by atoms with Crippen molar-refractivity contribution in [1.82, 2.24) is 10.3 Å². The Morgan fingerprint density at radius 1 is 1.22 bits per heavy atom. The average Bonchev–Trinajstić information content (AvgIpc) is 3.25. The zero-order chi connectivity index (χ0) is 27.3. The molecule has 37 heavy (non-hydrogen) atoms. The van der Waals surface area contributed by atoms with Gasteiger partial charge in [0.2, 0.25) is 5.43 Å². The molecule has 200 valence electrons. The number of amides is 1. The molecule has 2 atom stereocenters. The number of hydrogen-bond acceptors (Lipinski definition) is 8. The maximum Gasteiger partial charge on any atom is 0.408 e. The summed E-state index contributed by atoms with van der Waals surface area (Å²) in [5, 5.41) is 5.75. The standard InChI is InChI=1S/C28H36N2O6S/c1-8-10-11-18-12-19-23(34-14-20(25(19)31)21-15-37-17(4)29-21)13-22(18)35-26(32)24(16(3)9-2)30-27(33)36-28(5,6)7/h12-16,24H,8-11H2,1-7H3,(H,30,33)/t16-,24-/m1/s1. The van der Waals surface area contributed by atoms with Gasteiger partial charge in [-0.15, -0.1) is 11.3 Å². The fourth-order valence-corrected chi connectivity index (χ4v) is 4.41. The second-order valence-electron chi connectivity index (χ2n) is 10.2. The summed E-state index contributed by atoms with van der Waals surface area (Å²) < 4.78 is 17.0. The molecule has 0 aliphatic carbocycles. The molecule has 0 bridgehead atoms. The van der Waals surface area contributed by atoms with Gasteiger partial charge in [-0.3, -0.25) is 4.79 Å². The van der Waals surface area contributed by atoms with Gasteiger partial charge in [0.15, 0.2) is 0 Å². The van der Waals surface area contributed by atoms with E-state index in [1.807, 2.05) is 26.2 Å². The van der Waals surface area contributed by atoms with Crippen molar-refractivity contribution in [2.24, 2.45) is 5.92 Å². The van der Waals surface area contributed by atoms with Crippen molar-refractivity contribution in [3.05, 3.63) is 44.6 Å². The number of nitrogens with one attached hydrogen (secondary N) is 1. The van der Waals surface area contributed by atoms with Gasteiger partial charge in [0.25, 0.3) is 0 Å². The molecule has 2 aromatic heterocycles. The summed E-state index contributed by atoms with van der Waals surface area (Å²) in [5.74, 6) is -0.485. The van der Waals surface area contributed by atoms with E-state index < -0.39 is 23.7 Å². The molecular weight excluding hydrogens is 492 g/mol. The van der Waals surface area contributed by atoms with E-state index in [0.717, 1.165) is 23.4 Å². The first-order valence-electron chi connectivity index (χ1n) is 12.7. The summed E-state index contributed by atoms with van der Waals surface area (Å²) in [7, 11) is 0. The van der Waals surface area contributed by atoms with Crippen molar-refractivity contribution >= 4 is 34.4 Å². The van der Waals surface area contributed by atoms with Gasteiger partial charge in [-0.25, -0.2) is 14.6 Å². The summed E-state index contributed by atoms with van der Waals surface area (Å²) >= 11 is 1.46. The number of thiazole rings is 1. The SMILES string of the molecule is CCCCc1cc2c(=O)c(-c3csc(C)n3)coc2cc1OC(=O)[C@H](NC(=O)OC(C)(C)C)[C@H](C)CC. The van der Waals surface area contributed by atoms with E-state index in [0.29, 0.717) is 40.8 Å². The number of fused-ring (bicyclic) bond motifs is 1. The maximum absolute atomic E-state index is 13.3. The van der Waals surface area contributed by atoms with E-state index in [2.05, 4.69) is 17.2 Å². The topological polar surface area (TPSA) is 108 Å². The Bertz CT molecular complexity index is 1320. The lowest BCUT2D eigenvalue weighted by molar-refractivity contribution is -0.138. The number of carbonyl (C=O) groups excluding carboxylic acids is 2. The molecule has 1 aromatic carbocycles. The van der Waals surface area contributed by atoms with Gasteiger partial charge in [0.1, 0.15) is 29.2 Å².